The Morgan fingerprint density at radius 2 is 0.578 bits per heavy atom. The Morgan fingerprint density at radius 1 is 0.297 bits per heavy atom. The monoisotopic (exact) mass is 912 g/mol. The van der Waals surface area contributed by atoms with Gasteiger partial charge < -0.3 is 9.88 Å². The Labute approximate surface area is 392 Å². The first-order valence-electron chi connectivity index (χ1n) is 21.4. The number of nitrogens with zero attached hydrogens (tertiary/aromatic N) is 2. The summed E-state index contributed by atoms with van der Waals surface area (Å²) in [7, 11) is -1.75. The topological polar surface area (TPSA) is 17.3 Å². The van der Waals surface area contributed by atoms with Gasteiger partial charge in [0.25, 0.3) is 0 Å². The van der Waals surface area contributed by atoms with Crippen LogP contribution in [0.1, 0.15) is 5.56 Å². The Hall–Kier alpha value is -6.56. The van der Waals surface area contributed by atoms with Gasteiger partial charge in [0.05, 0.1) is 15.8 Å². The van der Waals surface area contributed by atoms with Gasteiger partial charge in [-0.3, -0.25) is 0 Å². The molecule has 1 radical (unpaired) electrons. The molecule has 0 spiro atoms. The van der Waals surface area contributed by atoms with E-state index in [1.165, 1.54) is 54.3 Å². The molecule has 0 bridgehead atoms. The van der Waals surface area contributed by atoms with Crippen molar-refractivity contribution in [3.05, 3.63) is 291 Å². The van der Waals surface area contributed by atoms with Gasteiger partial charge in [-0.15, -0.1) is 5.69 Å². The number of hydrogen-bond acceptors (Lipinski definition) is 1. The molecule has 0 aliphatic rings. The van der Waals surface area contributed by atoms with Crippen molar-refractivity contribution in [3.8, 4) is 11.3 Å². The Bertz CT molecular complexity index is 2440. The third-order valence-electron chi connectivity index (χ3n) is 10.7. The molecule has 0 N–H and O–H groups in total. The normalized spacial score (nSPS) is 10.4. The summed E-state index contributed by atoms with van der Waals surface area (Å²) in [6.07, 6.45) is 1.85. The first-order chi connectivity index (χ1) is 31.3. The fourth-order valence-corrected chi connectivity index (χ4v) is 12.9. The van der Waals surface area contributed by atoms with Crippen LogP contribution in [0.5, 0.6) is 0 Å². The zero-order valence-corrected chi connectivity index (χ0v) is 38.5. The molecule has 0 atom stereocenters. The molecule has 9 aromatic carbocycles. The minimum Gasteiger partial charge on any atom is -0.664 e. The summed E-state index contributed by atoms with van der Waals surface area (Å²) >= 11 is 0. The van der Waals surface area contributed by atoms with E-state index >= 15 is 0 Å². The van der Waals surface area contributed by atoms with Crippen LogP contribution in [0.3, 0.4) is 0 Å². The molecule has 0 amide bonds. The molecule has 1 aromatic heterocycles. The molecule has 315 valence electrons. The number of para-hydroxylation sites is 2. The van der Waals surface area contributed by atoms with E-state index in [9.17, 15) is 0 Å². The maximum absolute atomic E-state index is 4.48. The van der Waals surface area contributed by atoms with Crippen molar-refractivity contribution in [1.29, 1.82) is 0 Å². The summed E-state index contributed by atoms with van der Waals surface area (Å²) < 4.78 is 0. The average molecular weight is 914 g/mol. The maximum Gasteiger partial charge on any atom is 2.00 e. The largest absolute Gasteiger partial charge is 2.00 e. The summed E-state index contributed by atoms with van der Waals surface area (Å²) in [6.45, 7) is 0.789. The predicted octanol–water partition coefficient (Wildman–Crippen LogP) is 12.0. The van der Waals surface area contributed by atoms with Crippen molar-refractivity contribution < 1.29 is 17.1 Å². The van der Waals surface area contributed by atoms with Gasteiger partial charge >= 0.3 is 17.1 Å². The summed E-state index contributed by atoms with van der Waals surface area (Å²) in [6, 6.07) is 98.6. The van der Waals surface area contributed by atoms with E-state index in [4.69, 9.17) is 0 Å². The number of rotatable bonds is 11. The molecule has 10 rings (SSSR count). The standard InChI is InChI=1S/C23H19N2.2C18H15P.Cu/c1-3-11-20(12-4-1)25(21-13-5-2-6-14-21)18-19-10-7-8-15-22(19)23-16-9-17-24-23;2*1-4-10-16(11-5-1)19(17-12-6-2-7-13-17)18-14-8-3-9-15-18;/h1-17H,18H2;2*1-15H;/q-1;;;+2/p+2. The SMILES string of the molecule is [Cu+2].c1ccc(N(Cc2ccccc2-c2ccc[n-]2)c2ccccc2)cc1.c1ccc([PH+](c2ccccc2)c2ccccc2)cc1.c1ccc([PH+](c2ccccc2)c2ccccc2)cc1. The second-order valence-electron chi connectivity index (χ2n) is 14.9. The zero-order chi connectivity index (χ0) is 42.7. The van der Waals surface area contributed by atoms with Gasteiger partial charge in [0.15, 0.2) is 0 Å². The number of anilines is 2. The van der Waals surface area contributed by atoms with Crippen LogP contribution in [-0.4, -0.2) is 0 Å². The van der Waals surface area contributed by atoms with Gasteiger partial charge in [-0.05, 0) is 108 Å². The molecular formula is C59H51CuN2P2+3. The zero-order valence-electron chi connectivity index (χ0n) is 35.5. The van der Waals surface area contributed by atoms with Crippen molar-refractivity contribution >= 4 is 59.0 Å². The summed E-state index contributed by atoms with van der Waals surface area (Å²) in [5.74, 6) is 0. The van der Waals surface area contributed by atoms with Crippen LogP contribution in [0.15, 0.2) is 285 Å². The Kier molecular flexibility index (Phi) is 17.3. The minimum absolute atomic E-state index is 0. The molecule has 1 heterocycles. The molecule has 0 fully saturated rings. The third-order valence-corrected chi connectivity index (χ3v) is 16.2. The molecule has 10 aromatic rings. The van der Waals surface area contributed by atoms with Crippen LogP contribution in [0, 0.1) is 0 Å². The molecule has 64 heavy (non-hydrogen) atoms. The second kappa shape index (κ2) is 24.3. The van der Waals surface area contributed by atoms with Crippen LogP contribution in [0.25, 0.3) is 11.3 Å². The third kappa shape index (κ3) is 12.3. The smallest absolute Gasteiger partial charge is 0.664 e. The number of benzene rings is 9. The minimum atomic E-state index is -0.877. The van der Waals surface area contributed by atoms with Gasteiger partial charge in [-0.1, -0.05) is 182 Å². The number of aromatic nitrogens is 1. The second-order valence-corrected chi connectivity index (χ2v) is 19.8. The quantitative estimate of drug-likeness (QED) is 0.0950. The van der Waals surface area contributed by atoms with Gasteiger partial charge in [0.1, 0.15) is 31.8 Å². The van der Waals surface area contributed by atoms with Crippen LogP contribution >= 0.6 is 15.8 Å². The predicted molar refractivity (Wildman–Crippen MR) is 277 cm³/mol. The van der Waals surface area contributed by atoms with E-state index in [-0.39, 0.29) is 17.1 Å². The Morgan fingerprint density at radius 3 is 0.875 bits per heavy atom. The van der Waals surface area contributed by atoms with Crippen LogP contribution in [0.4, 0.5) is 11.4 Å². The molecular weight excluding hydrogens is 862 g/mol. The molecule has 0 saturated heterocycles. The van der Waals surface area contributed by atoms with Crippen LogP contribution in [-0.2, 0) is 23.6 Å². The van der Waals surface area contributed by atoms with Gasteiger partial charge in [0, 0.05) is 17.9 Å². The molecule has 0 unspecified atom stereocenters. The number of hydrogen-bond donors (Lipinski definition) is 0. The van der Waals surface area contributed by atoms with E-state index in [1.807, 2.05) is 12.3 Å². The van der Waals surface area contributed by atoms with Crippen molar-refractivity contribution in [2.75, 3.05) is 4.90 Å². The molecule has 5 heteroatoms. The van der Waals surface area contributed by atoms with Gasteiger partial charge in [-0.2, -0.15) is 6.20 Å². The summed E-state index contributed by atoms with van der Waals surface area (Å²) in [5, 5.41) is 8.61. The average Bonchev–Trinajstić information content (AvgIpc) is 3.92. The van der Waals surface area contributed by atoms with Gasteiger partial charge in [-0.25, -0.2) is 0 Å². The van der Waals surface area contributed by atoms with E-state index in [2.05, 4.69) is 283 Å². The van der Waals surface area contributed by atoms with E-state index in [1.54, 1.807) is 0 Å². The van der Waals surface area contributed by atoms with E-state index in [0.717, 1.165) is 12.2 Å². The van der Waals surface area contributed by atoms with Crippen molar-refractivity contribution in [1.82, 2.24) is 4.98 Å². The summed E-state index contributed by atoms with van der Waals surface area (Å²) in [5.41, 5.74) is 5.83. The van der Waals surface area contributed by atoms with Crippen LogP contribution < -0.4 is 41.7 Å². The maximum atomic E-state index is 4.48. The summed E-state index contributed by atoms with van der Waals surface area (Å²) in [4.78, 5) is 6.82. The molecule has 0 aliphatic carbocycles. The van der Waals surface area contributed by atoms with Crippen molar-refractivity contribution in [3.63, 3.8) is 0 Å². The molecule has 0 saturated carbocycles. The Balaban J connectivity index is 0.000000144. The van der Waals surface area contributed by atoms with Crippen molar-refractivity contribution in [2.45, 2.75) is 6.54 Å². The first kappa shape index (κ1) is 45.5. The van der Waals surface area contributed by atoms with Gasteiger partial charge in [0.2, 0.25) is 0 Å². The molecule has 0 aliphatic heterocycles. The van der Waals surface area contributed by atoms with E-state index < -0.39 is 15.8 Å². The first-order valence-corrected chi connectivity index (χ1v) is 24.4. The van der Waals surface area contributed by atoms with Crippen molar-refractivity contribution in [2.24, 2.45) is 0 Å². The fraction of sp³-hybridized carbons (Fsp3) is 0.0169. The fourth-order valence-electron chi connectivity index (χ4n) is 7.71. The van der Waals surface area contributed by atoms with E-state index in [0.29, 0.717) is 0 Å². The van der Waals surface area contributed by atoms with Crippen LogP contribution in [0.2, 0.25) is 0 Å². The molecule has 2 nitrogen and oxygen atoms in total.